The van der Waals surface area contributed by atoms with Gasteiger partial charge in [0.2, 0.25) is 0 Å². The number of benzene rings is 2. The molecule has 0 aliphatic carbocycles. The number of carboxylic acid groups (broad SMARTS) is 1. The minimum atomic E-state index is -3.65. The Balaban J connectivity index is 2.01. The summed E-state index contributed by atoms with van der Waals surface area (Å²) in [6, 6.07) is 13.0. The van der Waals surface area contributed by atoms with Crippen LogP contribution in [0, 0.1) is 0 Å². The number of hydrogen-bond acceptors (Lipinski definition) is 3. The molecule has 27 heavy (non-hydrogen) atoms. The average Bonchev–Trinajstić information content (AvgIpc) is 2.70. The molecule has 0 saturated heterocycles. The molecule has 1 aliphatic heterocycles. The summed E-state index contributed by atoms with van der Waals surface area (Å²) in [7, 11) is -2.06. The van der Waals surface area contributed by atoms with E-state index >= 15 is 0 Å². The predicted molar refractivity (Wildman–Crippen MR) is 109 cm³/mol. The summed E-state index contributed by atoms with van der Waals surface area (Å²) in [5.74, 6) is -0.827. The van der Waals surface area contributed by atoms with Crippen molar-refractivity contribution < 1.29 is 18.3 Å². The second kappa shape index (κ2) is 8.02. The van der Waals surface area contributed by atoms with E-state index in [4.69, 9.17) is 5.11 Å². The molecule has 0 aromatic heterocycles. The van der Waals surface area contributed by atoms with E-state index in [9.17, 15) is 13.2 Å². The normalized spacial score (nSPS) is 17.7. The van der Waals surface area contributed by atoms with Crippen LogP contribution in [0.15, 0.2) is 51.8 Å². The lowest BCUT2D eigenvalue weighted by Gasteiger charge is -2.21. The van der Waals surface area contributed by atoms with Crippen LogP contribution >= 0.6 is 15.9 Å². The van der Waals surface area contributed by atoms with E-state index in [-0.39, 0.29) is 12.3 Å². The number of para-hydroxylation sites is 1. The molecule has 2 aromatic rings. The molecule has 0 radical (unpaired) electrons. The number of carboxylic acids is 1. The van der Waals surface area contributed by atoms with Gasteiger partial charge in [0.1, 0.15) is 0 Å². The Morgan fingerprint density at radius 1 is 1.11 bits per heavy atom. The lowest BCUT2D eigenvalue weighted by molar-refractivity contribution is -0.137. The largest absolute Gasteiger partial charge is 0.481 e. The highest BCUT2D eigenvalue weighted by molar-refractivity contribution is 9.10. The molecule has 7 heteroatoms. The number of rotatable bonds is 6. The van der Waals surface area contributed by atoms with Gasteiger partial charge in [-0.05, 0) is 42.2 Å². The molecule has 2 aromatic carbocycles. The molecule has 1 aliphatic rings. The fraction of sp³-hybridized carbons (Fsp3) is 0.350. The second-order valence-corrected chi connectivity index (χ2v) is 9.61. The maximum Gasteiger partial charge on any atom is 0.303 e. The molecule has 0 amide bonds. The third-order valence-electron chi connectivity index (χ3n) is 5.02. The Morgan fingerprint density at radius 3 is 2.59 bits per heavy atom. The number of carbonyl (C=O) groups is 1. The summed E-state index contributed by atoms with van der Waals surface area (Å²) in [6.45, 7) is 0. The molecular formula is C20H22BrNO4S. The van der Waals surface area contributed by atoms with Gasteiger partial charge in [0.05, 0.1) is 10.6 Å². The van der Waals surface area contributed by atoms with Gasteiger partial charge < -0.3 is 5.11 Å². The van der Waals surface area contributed by atoms with Crippen LogP contribution in [0.4, 0.5) is 5.69 Å². The minimum Gasteiger partial charge on any atom is -0.481 e. The quantitative estimate of drug-likeness (QED) is 0.642. The average molecular weight is 452 g/mol. The van der Waals surface area contributed by atoms with Gasteiger partial charge in [0.15, 0.2) is 0 Å². The molecule has 1 atom stereocenters. The van der Waals surface area contributed by atoms with Gasteiger partial charge in [-0.2, -0.15) is 0 Å². The number of aliphatic carboxylic acids is 1. The number of fused-ring (bicyclic) bond motifs is 2. The Labute approximate surface area is 168 Å². The third-order valence-corrected chi connectivity index (χ3v) is 7.34. The van der Waals surface area contributed by atoms with Crippen LogP contribution in [0.1, 0.15) is 49.1 Å². The monoisotopic (exact) mass is 451 g/mol. The zero-order valence-electron chi connectivity index (χ0n) is 15.1. The number of nitrogens with zero attached hydrogens (tertiary/aromatic N) is 1. The summed E-state index contributed by atoms with van der Waals surface area (Å²) in [5, 5.41) is 8.80. The van der Waals surface area contributed by atoms with Gasteiger partial charge in [-0.15, -0.1) is 0 Å². The van der Waals surface area contributed by atoms with Gasteiger partial charge in [-0.1, -0.05) is 53.0 Å². The number of unbranched alkanes of at least 4 members (excludes halogenated alkanes) is 2. The SMILES string of the molecule is CN1c2ccccc2C(CCCCCC(=O)O)c2ccc(Br)cc2S1(=O)=O. The number of hydrogen-bond donors (Lipinski definition) is 1. The fourth-order valence-corrected chi connectivity index (χ4v) is 5.66. The van der Waals surface area contributed by atoms with Crippen LogP contribution in [0.2, 0.25) is 0 Å². The maximum atomic E-state index is 13.2. The van der Waals surface area contributed by atoms with E-state index in [0.29, 0.717) is 17.0 Å². The Bertz CT molecular complexity index is 958. The molecular weight excluding hydrogens is 430 g/mol. The van der Waals surface area contributed by atoms with Crippen LogP contribution in [0.25, 0.3) is 0 Å². The van der Waals surface area contributed by atoms with Crippen LogP contribution in [-0.4, -0.2) is 26.5 Å². The molecule has 0 bridgehead atoms. The molecule has 3 rings (SSSR count). The molecule has 0 spiro atoms. The first-order chi connectivity index (χ1) is 12.8. The first-order valence-corrected chi connectivity index (χ1v) is 11.1. The zero-order chi connectivity index (χ0) is 19.6. The summed E-state index contributed by atoms with van der Waals surface area (Å²) < 4.78 is 28.4. The number of sulfonamides is 1. The van der Waals surface area contributed by atoms with Crippen molar-refractivity contribution in [1.29, 1.82) is 0 Å². The summed E-state index contributed by atoms with van der Waals surface area (Å²) in [6.07, 6.45) is 3.22. The van der Waals surface area contributed by atoms with Crippen molar-refractivity contribution in [2.45, 2.75) is 42.9 Å². The van der Waals surface area contributed by atoms with Gasteiger partial charge in [-0.3, -0.25) is 9.10 Å². The Kier molecular flexibility index (Phi) is 5.91. The highest BCUT2D eigenvalue weighted by Gasteiger charge is 2.34. The third kappa shape index (κ3) is 4.04. The smallest absolute Gasteiger partial charge is 0.303 e. The molecule has 1 unspecified atom stereocenters. The van der Waals surface area contributed by atoms with Gasteiger partial charge in [-0.25, -0.2) is 8.42 Å². The van der Waals surface area contributed by atoms with Crippen LogP contribution in [0.3, 0.4) is 0 Å². The van der Waals surface area contributed by atoms with E-state index in [1.54, 1.807) is 13.1 Å². The van der Waals surface area contributed by atoms with Gasteiger partial charge in [0.25, 0.3) is 10.0 Å². The van der Waals surface area contributed by atoms with Crippen molar-refractivity contribution >= 4 is 37.6 Å². The molecule has 0 saturated carbocycles. The molecule has 5 nitrogen and oxygen atoms in total. The van der Waals surface area contributed by atoms with Crippen molar-refractivity contribution in [1.82, 2.24) is 0 Å². The van der Waals surface area contributed by atoms with Crippen LogP contribution in [-0.2, 0) is 14.8 Å². The standard InChI is InChI=1S/C20H22BrNO4S/c1-22-18-9-6-5-8-16(18)15(7-3-2-4-10-20(23)24)17-12-11-14(21)13-19(17)27(22,25)26/h5-6,8-9,11-13,15H,2-4,7,10H2,1H3,(H,23,24). The number of anilines is 1. The van der Waals surface area contributed by atoms with Gasteiger partial charge in [0, 0.05) is 23.9 Å². The molecule has 144 valence electrons. The van der Waals surface area contributed by atoms with Gasteiger partial charge >= 0.3 is 5.97 Å². The lowest BCUT2D eigenvalue weighted by atomic mass is 9.85. The van der Waals surface area contributed by atoms with Crippen LogP contribution < -0.4 is 4.31 Å². The Hall–Kier alpha value is -1.86. The topological polar surface area (TPSA) is 74.7 Å². The molecule has 1 N–H and O–H groups in total. The van der Waals surface area contributed by atoms with E-state index in [1.165, 1.54) is 4.31 Å². The van der Waals surface area contributed by atoms with E-state index in [0.717, 1.165) is 34.9 Å². The molecule has 1 heterocycles. The van der Waals surface area contributed by atoms with Crippen molar-refractivity contribution in [3.63, 3.8) is 0 Å². The minimum absolute atomic E-state index is 0.0474. The Morgan fingerprint density at radius 2 is 1.85 bits per heavy atom. The lowest BCUT2D eigenvalue weighted by Crippen LogP contribution is -2.26. The second-order valence-electron chi connectivity index (χ2n) is 6.76. The van der Waals surface area contributed by atoms with Crippen molar-refractivity contribution in [2.75, 3.05) is 11.4 Å². The summed E-state index contributed by atoms with van der Waals surface area (Å²) >= 11 is 3.39. The van der Waals surface area contributed by atoms with Crippen LogP contribution in [0.5, 0.6) is 0 Å². The first kappa shape index (κ1) is 19.9. The van der Waals surface area contributed by atoms with Crippen molar-refractivity contribution in [3.8, 4) is 0 Å². The molecule has 0 fully saturated rings. The maximum absolute atomic E-state index is 13.2. The number of halogens is 1. The van der Waals surface area contributed by atoms with E-state index in [1.807, 2.05) is 36.4 Å². The zero-order valence-corrected chi connectivity index (χ0v) is 17.5. The first-order valence-electron chi connectivity index (χ1n) is 8.91. The van der Waals surface area contributed by atoms with E-state index < -0.39 is 16.0 Å². The highest BCUT2D eigenvalue weighted by atomic mass is 79.9. The highest BCUT2D eigenvalue weighted by Crippen LogP contribution is 2.44. The summed E-state index contributed by atoms with van der Waals surface area (Å²) in [4.78, 5) is 11.0. The van der Waals surface area contributed by atoms with E-state index in [2.05, 4.69) is 15.9 Å². The van der Waals surface area contributed by atoms with Crippen molar-refractivity contribution in [2.24, 2.45) is 0 Å². The fourth-order valence-electron chi connectivity index (χ4n) is 3.65. The predicted octanol–water partition coefficient (Wildman–Crippen LogP) is 4.75. The van der Waals surface area contributed by atoms with Crippen molar-refractivity contribution in [3.05, 3.63) is 58.1 Å². The summed E-state index contributed by atoms with van der Waals surface area (Å²) in [5.41, 5.74) is 2.48.